The molecular weight excluding hydrogens is 318 g/mol. The molecule has 0 radical (unpaired) electrons. The van der Waals surface area contributed by atoms with Gasteiger partial charge in [-0.3, -0.25) is 4.79 Å². The zero-order valence-corrected chi connectivity index (χ0v) is 14.3. The second kappa shape index (κ2) is 7.12. The fourth-order valence-electron chi connectivity index (χ4n) is 2.27. The van der Waals surface area contributed by atoms with Gasteiger partial charge in [-0.15, -0.1) is 5.10 Å². The van der Waals surface area contributed by atoms with Crippen LogP contribution in [0.4, 0.5) is 5.69 Å². The van der Waals surface area contributed by atoms with Crippen LogP contribution in [0.5, 0.6) is 5.75 Å². The van der Waals surface area contributed by atoms with Crippen LogP contribution in [0.3, 0.4) is 0 Å². The summed E-state index contributed by atoms with van der Waals surface area (Å²) in [6.45, 7) is 5.77. The van der Waals surface area contributed by atoms with E-state index >= 15 is 0 Å². The zero-order valence-electron chi connectivity index (χ0n) is 14.3. The van der Waals surface area contributed by atoms with Gasteiger partial charge in [0.15, 0.2) is 6.10 Å². The van der Waals surface area contributed by atoms with Gasteiger partial charge in [-0.1, -0.05) is 6.07 Å². The molecule has 0 unspecified atom stereocenters. The highest BCUT2D eigenvalue weighted by Gasteiger charge is 2.15. The van der Waals surface area contributed by atoms with E-state index in [1.807, 2.05) is 44.2 Å². The van der Waals surface area contributed by atoms with Gasteiger partial charge in [-0.2, -0.15) is 0 Å². The van der Waals surface area contributed by atoms with Crippen molar-refractivity contribution in [3.63, 3.8) is 0 Å². The maximum atomic E-state index is 12.3. The first-order valence-electron chi connectivity index (χ1n) is 7.91. The molecule has 0 spiro atoms. The van der Waals surface area contributed by atoms with E-state index in [0.29, 0.717) is 11.4 Å². The first-order valence-corrected chi connectivity index (χ1v) is 7.91. The first-order chi connectivity index (χ1) is 12.0. The van der Waals surface area contributed by atoms with E-state index in [9.17, 15) is 4.79 Å². The average molecular weight is 337 g/mol. The third-order valence-electron chi connectivity index (χ3n) is 3.91. The van der Waals surface area contributed by atoms with Crippen LogP contribution < -0.4 is 10.1 Å². The lowest BCUT2D eigenvalue weighted by atomic mass is 10.1. The molecule has 3 rings (SSSR count). The van der Waals surface area contributed by atoms with E-state index in [0.717, 1.165) is 11.3 Å². The largest absolute Gasteiger partial charge is 0.481 e. The van der Waals surface area contributed by atoms with Crippen LogP contribution in [0.1, 0.15) is 18.1 Å². The second-order valence-electron chi connectivity index (χ2n) is 5.80. The van der Waals surface area contributed by atoms with Gasteiger partial charge in [0, 0.05) is 5.69 Å². The van der Waals surface area contributed by atoms with Crippen LogP contribution in [-0.2, 0) is 4.79 Å². The SMILES string of the molecule is Cc1ccc(O[C@@H](C)C(=O)Nc2ccc(-n3cnnn3)cc2)cc1C. The molecule has 1 amide bonds. The molecule has 7 heteroatoms. The summed E-state index contributed by atoms with van der Waals surface area (Å²) in [7, 11) is 0. The van der Waals surface area contributed by atoms with Crippen LogP contribution in [-0.4, -0.2) is 32.2 Å². The van der Waals surface area contributed by atoms with Crippen LogP contribution >= 0.6 is 0 Å². The van der Waals surface area contributed by atoms with E-state index in [1.165, 1.54) is 16.6 Å². The van der Waals surface area contributed by atoms with E-state index < -0.39 is 6.10 Å². The summed E-state index contributed by atoms with van der Waals surface area (Å²) in [4.78, 5) is 12.3. The minimum atomic E-state index is -0.610. The minimum Gasteiger partial charge on any atom is -0.481 e. The summed E-state index contributed by atoms with van der Waals surface area (Å²) in [5, 5.41) is 13.8. The minimum absolute atomic E-state index is 0.214. The van der Waals surface area contributed by atoms with Crippen LogP contribution in [0.2, 0.25) is 0 Å². The quantitative estimate of drug-likeness (QED) is 0.774. The predicted octanol–water partition coefficient (Wildman–Crippen LogP) is 2.69. The van der Waals surface area contributed by atoms with Crippen molar-refractivity contribution in [1.29, 1.82) is 0 Å². The molecule has 128 valence electrons. The van der Waals surface area contributed by atoms with E-state index in [1.54, 1.807) is 19.1 Å². The molecule has 1 aromatic heterocycles. The molecule has 1 N–H and O–H groups in total. The van der Waals surface area contributed by atoms with Crippen molar-refractivity contribution in [2.24, 2.45) is 0 Å². The van der Waals surface area contributed by atoms with Crippen molar-refractivity contribution in [1.82, 2.24) is 20.2 Å². The van der Waals surface area contributed by atoms with Gasteiger partial charge >= 0.3 is 0 Å². The Morgan fingerprint density at radius 3 is 2.52 bits per heavy atom. The Balaban J connectivity index is 1.62. The maximum absolute atomic E-state index is 12.3. The number of anilines is 1. The van der Waals surface area contributed by atoms with Crippen LogP contribution in [0.25, 0.3) is 5.69 Å². The summed E-state index contributed by atoms with van der Waals surface area (Å²) in [5.74, 6) is 0.466. The lowest BCUT2D eigenvalue weighted by Crippen LogP contribution is -2.30. The van der Waals surface area contributed by atoms with Crippen molar-refractivity contribution in [3.05, 3.63) is 59.9 Å². The number of tetrazole rings is 1. The van der Waals surface area contributed by atoms with Crippen molar-refractivity contribution >= 4 is 11.6 Å². The number of aryl methyl sites for hydroxylation is 2. The molecule has 1 atom stereocenters. The highest BCUT2D eigenvalue weighted by molar-refractivity contribution is 5.94. The third-order valence-corrected chi connectivity index (χ3v) is 3.91. The summed E-state index contributed by atoms with van der Waals surface area (Å²) in [6, 6.07) is 13.0. The Morgan fingerprint density at radius 2 is 1.88 bits per heavy atom. The topological polar surface area (TPSA) is 81.9 Å². The fraction of sp³-hybridized carbons (Fsp3) is 0.222. The molecule has 2 aromatic carbocycles. The van der Waals surface area contributed by atoms with Gasteiger partial charge in [-0.25, -0.2) is 4.68 Å². The Labute approximate surface area is 145 Å². The maximum Gasteiger partial charge on any atom is 0.265 e. The highest BCUT2D eigenvalue weighted by Crippen LogP contribution is 2.18. The van der Waals surface area contributed by atoms with E-state index in [2.05, 4.69) is 20.8 Å². The fourth-order valence-corrected chi connectivity index (χ4v) is 2.27. The number of hydrogen-bond donors (Lipinski definition) is 1. The van der Waals surface area contributed by atoms with Crippen molar-refractivity contribution in [3.8, 4) is 11.4 Å². The van der Waals surface area contributed by atoms with Gasteiger partial charge in [0.1, 0.15) is 12.1 Å². The molecule has 3 aromatic rings. The zero-order chi connectivity index (χ0) is 17.8. The summed E-state index contributed by atoms with van der Waals surface area (Å²) >= 11 is 0. The molecule has 0 saturated carbocycles. The number of benzene rings is 2. The van der Waals surface area contributed by atoms with Crippen molar-refractivity contribution < 1.29 is 9.53 Å². The Kier molecular flexibility index (Phi) is 4.74. The Hall–Kier alpha value is -3.22. The number of hydrogen-bond acceptors (Lipinski definition) is 5. The standard InChI is InChI=1S/C18H19N5O2/c1-12-4-9-17(10-13(12)2)25-14(3)18(24)20-15-5-7-16(8-6-15)23-11-19-21-22-23/h4-11,14H,1-3H3,(H,20,24)/t14-/m0/s1. The molecule has 7 nitrogen and oxygen atoms in total. The number of rotatable bonds is 5. The molecule has 0 aliphatic carbocycles. The lowest BCUT2D eigenvalue weighted by Gasteiger charge is -2.15. The molecule has 0 fully saturated rings. The van der Waals surface area contributed by atoms with E-state index in [4.69, 9.17) is 4.74 Å². The number of aromatic nitrogens is 4. The van der Waals surface area contributed by atoms with Crippen molar-refractivity contribution in [2.45, 2.75) is 26.9 Å². The Morgan fingerprint density at radius 1 is 1.12 bits per heavy atom. The molecule has 1 heterocycles. The molecule has 0 saturated heterocycles. The van der Waals surface area contributed by atoms with Crippen LogP contribution in [0.15, 0.2) is 48.8 Å². The Bertz CT molecular complexity index is 860. The van der Waals surface area contributed by atoms with Gasteiger partial charge in [0.05, 0.1) is 5.69 Å². The molecular formula is C18H19N5O2. The number of amides is 1. The highest BCUT2D eigenvalue weighted by atomic mass is 16.5. The van der Waals surface area contributed by atoms with Gasteiger partial charge in [0.25, 0.3) is 5.91 Å². The number of nitrogens with one attached hydrogen (secondary N) is 1. The molecule has 0 aliphatic rings. The predicted molar refractivity (Wildman–Crippen MR) is 93.8 cm³/mol. The first kappa shape index (κ1) is 16.6. The second-order valence-corrected chi connectivity index (χ2v) is 5.80. The summed E-state index contributed by atoms with van der Waals surface area (Å²) in [6.07, 6.45) is 0.897. The van der Waals surface area contributed by atoms with Crippen LogP contribution in [0, 0.1) is 13.8 Å². The normalized spacial score (nSPS) is 11.8. The number of carbonyl (C=O) groups is 1. The number of ether oxygens (including phenoxy) is 1. The summed E-state index contributed by atoms with van der Waals surface area (Å²) in [5.41, 5.74) is 3.80. The molecule has 0 bridgehead atoms. The van der Waals surface area contributed by atoms with E-state index in [-0.39, 0.29) is 5.91 Å². The average Bonchev–Trinajstić information content (AvgIpc) is 3.13. The number of carbonyl (C=O) groups excluding carboxylic acids is 1. The van der Waals surface area contributed by atoms with Gasteiger partial charge in [0.2, 0.25) is 0 Å². The van der Waals surface area contributed by atoms with Gasteiger partial charge in [-0.05, 0) is 78.7 Å². The monoisotopic (exact) mass is 337 g/mol. The van der Waals surface area contributed by atoms with Gasteiger partial charge < -0.3 is 10.1 Å². The summed E-state index contributed by atoms with van der Waals surface area (Å²) < 4.78 is 7.26. The number of nitrogens with zero attached hydrogens (tertiary/aromatic N) is 4. The third kappa shape index (κ3) is 4.00. The molecule has 0 aliphatic heterocycles. The van der Waals surface area contributed by atoms with Crippen molar-refractivity contribution in [2.75, 3.05) is 5.32 Å². The lowest BCUT2D eigenvalue weighted by molar-refractivity contribution is -0.122. The molecule has 25 heavy (non-hydrogen) atoms. The smallest absolute Gasteiger partial charge is 0.265 e.